The van der Waals surface area contributed by atoms with Gasteiger partial charge in [0.15, 0.2) is 0 Å². The third-order valence-corrected chi connectivity index (χ3v) is 3.67. The lowest BCUT2D eigenvalue weighted by molar-refractivity contribution is 0.652. The van der Waals surface area contributed by atoms with Gasteiger partial charge in [0.2, 0.25) is 0 Å². The van der Waals surface area contributed by atoms with E-state index in [9.17, 15) is 0 Å². The van der Waals surface area contributed by atoms with E-state index in [1.165, 1.54) is 0 Å². The van der Waals surface area contributed by atoms with E-state index in [4.69, 9.17) is 4.12 Å². The molecule has 0 spiro atoms. The molecule has 0 amide bonds. The summed E-state index contributed by atoms with van der Waals surface area (Å²) >= 11 is 0. The van der Waals surface area contributed by atoms with Gasteiger partial charge in [-0.25, -0.2) is 0 Å². The standard InChI is InChI=1S/C2H10OSi2.3CH4/c1-4-3-5-2;;;/h4-5H2,1-2H3;3*1H4. The van der Waals surface area contributed by atoms with Gasteiger partial charge in [0, 0.05) is 0 Å². The Balaban J connectivity index is -0.0000000267. The van der Waals surface area contributed by atoms with Crippen LogP contribution in [0.3, 0.4) is 0 Å². The van der Waals surface area contributed by atoms with Crippen molar-refractivity contribution in [2.45, 2.75) is 35.4 Å². The van der Waals surface area contributed by atoms with E-state index in [1.54, 1.807) is 0 Å². The lowest BCUT2D eigenvalue weighted by Gasteiger charge is -1.85. The molecule has 0 aromatic carbocycles. The lowest BCUT2D eigenvalue weighted by atomic mass is 11.9. The molecule has 0 saturated carbocycles. The van der Waals surface area contributed by atoms with Gasteiger partial charge in [0.1, 0.15) is 19.5 Å². The number of hydrogen-bond donors (Lipinski definition) is 0. The van der Waals surface area contributed by atoms with E-state index in [2.05, 4.69) is 13.1 Å². The van der Waals surface area contributed by atoms with Crippen LogP contribution in [0.4, 0.5) is 0 Å². The minimum Gasteiger partial charge on any atom is -0.466 e. The predicted octanol–water partition coefficient (Wildman–Crippen LogP) is 1.18. The molecule has 0 aliphatic heterocycles. The minimum absolute atomic E-state index is 0. The molecule has 56 valence electrons. The molecule has 0 unspecified atom stereocenters. The predicted molar refractivity (Wildman–Crippen MR) is 50.1 cm³/mol. The Labute approximate surface area is 59.7 Å². The van der Waals surface area contributed by atoms with Gasteiger partial charge in [0.25, 0.3) is 0 Å². The zero-order valence-corrected chi connectivity index (χ0v) is 6.65. The van der Waals surface area contributed by atoms with Gasteiger partial charge in [-0.1, -0.05) is 35.4 Å². The summed E-state index contributed by atoms with van der Waals surface area (Å²) in [4.78, 5) is 0. The highest BCUT2D eigenvalue weighted by Gasteiger charge is 1.67. The van der Waals surface area contributed by atoms with E-state index in [0.717, 1.165) is 0 Å². The molecule has 0 bridgehead atoms. The second kappa shape index (κ2) is 26.2. The summed E-state index contributed by atoms with van der Waals surface area (Å²) in [6.45, 7) is 4.33. The number of rotatable bonds is 2. The van der Waals surface area contributed by atoms with Gasteiger partial charge in [0.05, 0.1) is 0 Å². The van der Waals surface area contributed by atoms with Crippen molar-refractivity contribution in [1.82, 2.24) is 0 Å². The van der Waals surface area contributed by atoms with Crippen LogP contribution < -0.4 is 0 Å². The second-order valence-corrected chi connectivity index (χ2v) is 3.57. The van der Waals surface area contributed by atoms with Crippen molar-refractivity contribution in [3.63, 3.8) is 0 Å². The average Bonchev–Trinajstić information content (AvgIpc) is 1.41. The van der Waals surface area contributed by atoms with Crippen LogP contribution in [0.25, 0.3) is 0 Å². The Morgan fingerprint density at radius 2 is 1.12 bits per heavy atom. The van der Waals surface area contributed by atoms with Gasteiger partial charge in [-0.3, -0.25) is 0 Å². The first kappa shape index (κ1) is 23.8. The highest BCUT2D eigenvalue weighted by atomic mass is 28.3. The van der Waals surface area contributed by atoms with Crippen molar-refractivity contribution in [2.75, 3.05) is 0 Å². The van der Waals surface area contributed by atoms with E-state index >= 15 is 0 Å². The molecular weight excluding hydrogens is 132 g/mol. The molecule has 0 rings (SSSR count). The maximum atomic E-state index is 5.11. The third-order valence-electron chi connectivity index (χ3n) is 0.408. The monoisotopic (exact) mass is 154 g/mol. The smallest absolute Gasteiger partial charge is 0.142 e. The van der Waals surface area contributed by atoms with Gasteiger partial charge in [-0.2, -0.15) is 0 Å². The summed E-state index contributed by atoms with van der Waals surface area (Å²) in [5.74, 6) is 0. The molecule has 0 N–H and O–H groups in total. The summed E-state index contributed by atoms with van der Waals surface area (Å²) in [5, 5.41) is 0. The SMILES string of the molecule is C.C.C.C[SiH2]O[SiH2]C. The second-order valence-electron chi connectivity index (χ2n) is 0.781. The highest BCUT2D eigenvalue weighted by Crippen LogP contribution is 1.58. The molecule has 0 heterocycles. The molecular formula is C5H22OSi2. The molecule has 0 aromatic rings. The van der Waals surface area contributed by atoms with Crippen LogP contribution in [0, 0.1) is 0 Å². The summed E-state index contributed by atoms with van der Waals surface area (Å²) in [7, 11) is -0.0486. The van der Waals surface area contributed by atoms with Crippen LogP contribution in [0.2, 0.25) is 13.1 Å². The maximum absolute atomic E-state index is 5.11. The average molecular weight is 154 g/mol. The molecule has 8 heavy (non-hydrogen) atoms. The Hall–Kier alpha value is 0.394. The van der Waals surface area contributed by atoms with Crippen molar-refractivity contribution in [3.8, 4) is 0 Å². The van der Waals surface area contributed by atoms with Gasteiger partial charge in [-0.15, -0.1) is 0 Å². The first-order valence-electron chi connectivity index (χ1n) is 1.99. The van der Waals surface area contributed by atoms with E-state index in [-0.39, 0.29) is 41.8 Å². The van der Waals surface area contributed by atoms with Crippen LogP contribution in [-0.4, -0.2) is 19.5 Å². The van der Waals surface area contributed by atoms with Crippen LogP contribution in [-0.2, 0) is 4.12 Å². The third kappa shape index (κ3) is 32.5. The fourth-order valence-electron chi connectivity index (χ4n) is 0.204. The van der Waals surface area contributed by atoms with Crippen molar-refractivity contribution in [3.05, 3.63) is 0 Å². The zero-order chi connectivity index (χ0) is 4.12. The Kier molecular flexibility index (Phi) is 78.0. The van der Waals surface area contributed by atoms with Crippen molar-refractivity contribution in [2.24, 2.45) is 0 Å². The topological polar surface area (TPSA) is 9.23 Å². The molecule has 0 fully saturated rings. The van der Waals surface area contributed by atoms with E-state index in [0.29, 0.717) is 0 Å². The highest BCUT2D eigenvalue weighted by molar-refractivity contribution is 6.40. The van der Waals surface area contributed by atoms with Gasteiger partial charge >= 0.3 is 0 Å². The molecule has 0 aliphatic carbocycles. The first-order chi connectivity index (χ1) is 2.41. The Bertz CT molecular complexity index is 17.9. The van der Waals surface area contributed by atoms with Crippen LogP contribution in [0.1, 0.15) is 22.3 Å². The maximum Gasteiger partial charge on any atom is 0.142 e. The number of hydrogen-bond acceptors (Lipinski definition) is 1. The van der Waals surface area contributed by atoms with Crippen LogP contribution >= 0.6 is 0 Å². The van der Waals surface area contributed by atoms with Gasteiger partial charge in [-0.05, 0) is 0 Å². The van der Waals surface area contributed by atoms with Gasteiger partial charge < -0.3 is 4.12 Å². The van der Waals surface area contributed by atoms with E-state index < -0.39 is 0 Å². The molecule has 0 saturated heterocycles. The first-order valence-corrected chi connectivity index (χ1v) is 5.97. The fourth-order valence-corrected chi connectivity index (χ4v) is 1.84. The quantitative estimate of drug-likeness (QED) is 0.543. The molecule has 0 aliphatic rings. The van der Waals surface area contributed by atoms with E-state index in [1.807, 2.05) is 0 Å². The van der Waals surface area contributed by atoms with Crippen LogP contribution in [0.15, 0.2) is 0 Å². The molecule has 0 aromatic heterocycles. The summed E-state index contributed by atoms with van der Waals surface area (Å²) < 4.78 is 5.11. The zero-order valence-electron chi connectivity index (χ0n) is 3.82. The summed E-state index contributed by atoms with van der Waals surface area (Å²) in [6, 6.07) is 0. The van der Waals surface area contributed by atoms with Crippen molar-refractivity contribution >= 4 is 19.5 Å². The van der Waals surface area contributed by atoms with Crippen molar-refractivity contribution < 1.29 is 4.12 Å². The summed E-state index contributed by atoms with van der Waals surface area (Å²) in [6.07, 6.45) is 0. The molecule has 3 heteroatoms. The fraction of sp³-hybridized carbons (Fsp3) is 1.00. The Morgan fingerprint density at radius 3 is 1.12 bits per heavy atom. The van der Waals surface area contributed by atoms with Crippen molar-refractivity contribution in [1.29, 1.82) is 0 Å². The minimum atomic E-state index is -0.0243. The lowest BCUT2D eigenvalue weighted by Crippen LogP contribution is -1.92. The van der Waals surface area contributed by atoms with Crippen LogP contribution in [0.5, 0.6) is 0 Å². The molecule has 0 radical (unpaired) electrons. The Morgan fingerprint density at radius 1 is 0.875 bits per heavy atom. The normalized spacial score (nSPS) is 8.25. The molecule has 1 nitrogen and oxygen atoms in total. The largest absolute Gasteiger partial charge is 0.466 e. The summed E-state index contributed by atoms with van der Waals surface area (Å²) in [5.41, 5.74) is 0. The molecule has 0 atom stereocenters.